The van der Waals surface area contributed by atoms with E-state index in [-0.39, 0.29) is 12.0 Å². The van der Waals surface area contributed by atoms with E-state index in [2.05, 4.69) is 0 Å². The summed E-state index contributed by atoms with van der Waals surface area (Å²) in [6.45, 7) is 3.49. The first-order valence-electron chi connectivity index (χ1n) is 5.77. The number of rotatable bonds is 5. The minimum Gasteiger partial charge on any atom is -0.390 e. The molecule has 0 saturated heterocycles. The van der Waals surface area contributed by atoms with E-state index in [1.807, 2.05) is 0 Å². The van der Waals surface area contributed by atoms with E-state index >= 15 is 0 Å². The van der Waals surface area contributed by atoms with Gasteiger partial charge in [0.15, 0.2) is 0 Å². The van der Waals surface area contributed by atoms with Crippen molar-refractivity contribution in [3.8, 4) is 0 Å². The minimum absolute atomic E-state index is 0.0813. The molecule has 0 heterocycles. The molecule has 1 rings (SSSR count). The van der Waals surface area contributed by atoms with E-state index < -0.39 is 23.3 Å². The lowest BCUT2D eigenvalue weighted by atomic mass is 9.87. The summed E-state index contributed by atoms with van der Waals surface area (Å²) in [6.07, 6.45) is -0.473. The van der Waals surface area contributed by atoms with Gasteiger partial charge in [0.1, 0.15) is 11.6 Å². The second kappa shape index (κ2) is 5.56. The first-order chi connectivity index (χ1) is 7.92. The van der Waals surface area contributed by atoms with Gasteiger partial charge in [-0.1, -0.05) is 13.8 Å². The second-order valence-electron chi connectivity index (χ2n) is 4.27. The standard InChI is InChI=1S/C13H18F2O2/c1-3-13(17,4-2)12(16)8-9-7-10(14)5-6-11(9)15/h5-7,12,16-17H,3-4,8H2,1-2H3. The molecule has 0 aliphatic rings. The van der Waals surface area contributed by atoms with Crippen molar-refractivity contribution in [2.24, 2.45) is 0 Å². The van der Waals surface area contributed by atoms with Crippen molar-refractivity contribution in [1.29, 1.82) is 0 Å². The highest BCUT2D eigenvalue weighted by molar-refractivity contribution is 5.20. The predicted octanol–water partition coefficient (Wildman–Crippen LogP) is 2.42. The average Bonchev–Trinajstić information content (AvgIpc) is 2.32. The van der Waals surface area contributed by atoms with Crippen molar-refractivity contribution in [1.82, 2.24) is 0 Å². The van der Waals surface area contributed by atoms with Gasteiger partial charge in [-0.15, -0.1) is 0 Å². The third kappa shape index (κ3) is 3.23. The van der Waals surface area contributed by atoms with Crippen LogP contribution in [0.2, 0.25) is 0 Å². The van der Waals surface area contributed by atoms with Crippen LogP contribution in [0, 0.1) is 11.6 Å². The van der Waals surface area contributed by atoms with Crippen LogP contribution in [0.1, 0.15) is 32.3 Å². The Morgan fingerprint density at radius 1 is 1.24 bits per heavy atom. The quantitative estimate of drug-likeness (QED) is 0.835. The van der Waals surface area contributed by atoms with Gasteiger partial charge in [-0.25, -0.2) is 8.78 Å². The first-order valence-corrected chi connectivity index (χ1v) is 5.77. The van der Waals surface area contributed by atoms with Crippen LogP contribution >= 0.6 is 0 Å². The molecule has 17 heavy (non-hydrogen) atoms. The lowest BCUT2D eigenvalue weighted by Crippen LogP contribution is -2.42. The summed E-state index contributed by atoms with van der Waals surface area (Å²) in [5.41, 5.74) is -1.17. The van der Waals surface area contributed by atoms with Crippen LogP contribution in [0.3, 0.4) is 0 Å². The average molecular weight is 244 g/mol. The molecule has 1 aromatic carbocycles. The molecule has 2 N–H and O–H groups in total. The zero-order valence-electron chi connectivity index (χ0n) is 10.1. The van der Waals surface area contributed by atoms with Gasteiger partial charge in [-0.2, -0.15) is 0 Å². The van der Waals surface area contributed by atoms with Gasteiger partial charge >= 0.3 is 0 Å². The largest absolute Gasteiger partial charge is 0.390 e. The van der Waals surface area contributed by atoms with E-state index in [1.165, 1.54) is 0 Å². The molecule has 1 aromatic rings. The predicted molar refractivity (Wildman–Crippen MR) is 61.6 cm³/mol. The fraction of sp³-hybridized carbons (Fsp3) is 0.538. The molecule has 96 valence electrons. The second-order valence-corrected chi connectivity index (χ2v) is 4.27. The van der Waals surface area contributed by atoms with Gasteiger partial charge in [0, 0.05) is 6.42 Å². The van der Waals surface area contributed by atoms with E-state index in [9.17, 15) is 19.0 Å². The van der Waals surface area contributed by atoms with Crippen LogP contribution in [-0.2, 0) is 6.42 Å². The molecule has 0 aromatic heterocycles. The topological polar surface area (TPSA) is 40.5 Å². The van der Waals surface area contributed by atoms with Crippen LogP contribution in [0.25, 0.3) is 0 Å². The molecule has 1 atom stereocenters. The van der Waals surface area contributed by atoms with Crippen molar-refractivity contribution in [3.63, 3.8) is 0 Å². The van der Waals surface area contributed by atoms with Gasteiger partial charge in [0.05, 0.1) is 11.7 Å². The van der Waals surface area contributed by atoms with Crippen molar-refractivity contribution in [3.05, 3.63) is 35.4 Å². The summed E-state index contributed by atoms with van der Waals surface area (Å²) >= 11 is 0. The summed E-state index contributed by atoms with van der Waals surface area (Å²) in [5.74, 6) is -1.12. The summed E-state index contributed by atoms with van der Waals surface area (Å²) in [4.78, 5) is 0. The molecule has 0 fully saturated rings. The van der Waals surface area contributed by atoms with Crippen molar-refractivity contribution in [2.45, 2.75) is 44.8 Å². The smallest absolute Gasteiger partial charge is 0.126 e. The fourth-order valence-corrected chi connectivity index (χ4v) is 1.82. The lowest BCUT2D eigenvalue weighted by Gasteiger charge is -2.31. The van der Waals surface area contributed by atoms with E-state index in [4.69, 9.17) is 0 Å². The molecule has 1 unspecified atom stereocenters. The molecule has 0 spiro atoms. The third-order valence-electron chi connectivity index (χ3n) is 3.27. The Morgan fingerprint density at radius 2 is 1.82 bits per heavy atom. The molecule has 0 radical (unpaired) electrons. The van der Waals surface area contributed by atoms with Gasteiger partial charge in [-0.3, -0.25) is 0 Å². The molecular formula is C13H18F2O2. The Morgan fingerprint density at radius 3 is 2.35 bits per heavy atom. The highest BCUT2D eigenvalue weighted by Crippen LogP contribution is 2.23. The molecule has 0 aliphatic heterocycles. The molecule has 0 saturated carbocycles. The van der Waals surface area contributed by atoms with E-state index in [0.717, 1.165) is 18.2 Å². The minimum atomic E-state index is -1.25. The van der Waals surface area contributed by atoms with Gasteiger partial charge in [0.25, 0.3) is 0 Å². The Kier molecular flexibility index (Phi) is 4.60. The van der Waals surface area contributed by atoms with Gasteiger partial charge in [0.2, 0.25) is 0 Å². The van der Waals surface area contributed by atoms with Crippen LogP contribution in [0.15, 0.2) is 18.2 Å². The van der Waals surface area contributed by atoms with Gasteiger partial charge < -0.3 is 10.2 Å². The Bertz CT molecular complexity index is 376. The third-order valence-corrected chi connectivity index (χ3v) is 3.27. The number of aliphatic hydroxyl groups excluding tert-OH is 1. The number of hydrogen-bond donors (Lipinski definition) is 2. The number of hydrogen-bond acceptors (Lipinski definition) is 2. The van der Waals surface area contributed by atoms with Gasteiger partial charge in [-0.05, 0) is 36.6 Å². The van der Waals surface area contributed by atoms with Crippen molar-refractivity contribution < 1.29 is 19.0 Å². The number of halogens is 2. The lowest BCUT2D eigenvalue weighted by molar-refractivity contribution is -0.0792. The van der Waals surface area contributed by atoms with Crippen molar-refractivity contribution in [2.75, 3.05) is 0 Å². The highest BCUT2D eigenvalue weighted by atomic mass is 19.1. The maximum Gasteiger partial charge on any atom is 0.126 e. The van der Waals surface area contributed by atoms with E-state index in [1.54, 1.807) is 13.8 Å². The fourth-order valence-electron chi connectivity index (χ4n) is 1.82. The molecular weight excluding hydrogens is 226 g/mol. The molecule has 0 bridgehead atoms. The number of aliphatic hydroxyl groups is 2. The molecule has 4 heteroatoms. The van der Waals surface area contributed by atoms with Crippen LogP contribution in [0.5, 0.6) is 0 Å². The Balaban J connectivity index is 2.87. The highest BCUT2D eigenvalue weighted by Gasteiger charge is 2.32. The number of benzene rings is 1. The zero-order chi connectivity index (χ0) is 13.1. The Hall–Kier alpha value is -1.00. The maximum atomic E-state index is 13.4. The monoisotopic (exact) mass is 244 g/mol. The molecule has 0 amide bonds. The molecule has 2 nitrogen and oxygen atoms in total. The normalized spacial score (nSPS) is 13.8. The van der Waals surface area contributed by atoms with Crippen LogP contribution < -0.4 is 0 Å². The zero-order valence-corrected chi connectivity index (χ0v) is 10.1. The van der Waals surface area contributed by atoms with Crippen LogP contribution in [-0.4, -0.2) is 21.9 Å². The van der Waals surface area contributed by atoms with Crippen LogP contribution in [0.4, 0.5) is 8.78 Å². The van der Waals surface area contributed by atoms with E-state index in [0.29, 0.717) is 12.8 Å². The summed E-state index contributed by atoms with van der Waals surface area (Å²) in [5, 5.41) is 20.0. The Labute approximate surface area is 99.9 Å². The SMILES string of the molecule is CCC(O)(CC)C(O)Cc1cc(F)ccc1F. The first kappa shape index (κ1) is 14.1. The maximum absolute atomic E-state index is 13.4. The summed E-state index contributed by atoms with van der Waals surface area (Å²) in [6, 6.07) is 3.09. The van der Waals surface area contributed by atoms with Crippen molar-refractivity contribution >= 4 is 0 Å². The molecule has 0 aliphatic carbocycles. The summed E-state index contributed by atoms with van der Waals surface area (Å²) < 4.78 is 26.3. The summed E-state index contributed by atoms with van der Waals surface area (Å²) in [7, 11) is 0.